The third-order valence-electron chi connectivity index (χ3n) is 3.42. The fourth-order valence-corrected chi connectivity index (χ4v) is 2.19. The van der Waals surface area contributed by atoms with Crippen LogP contribution in [0.2, 0.25) is 0 Å². The van der Waals surface area contributed by atoms with Crippen LogP contribution in [0.15, 0.2) is 60.8 Å². The Balaban J connectivity index is 1.91. The van der Waals surface area contributed by atoms with E-state index in [2.05, 4.69) is 15.3 Å². The van der Waals surface area contributed by atoms with E-state index >= 15 is 0 Å². The maximum atomic E-state index is 13.0. The van der Waals surface area contributed by atoms with Crippen molar-refractivity contribution >= 4 is 11.8 Å². The molecule has 2 N–H and O–H groups in total. The van der Waals surface area contributed by atoms with Gasteiger partial charge in [0.2, 0.25) is 0 Å². The second-order valence-electron chi connectivity index (χ2n) is 5.11. The number of nitrogens with one attached hydrogen (secondary N) is 1. The molecule has 0 aliphatic heterocycles. The molecule has 1 aromatic heterocycles. The van der Waals surface area contributed by atoms with Crippen molar-refractivity contribution in [1.82, 2.24) is 9.97 Å². The SMILES string of the molecule is O=C(O)c1cnc(-c2ccc(F)cc2)nc1NCc1ccccc1. The number of aromatic nitrogens is 2. The van der Waals surface area contributed by atoms with Gasteiger partial charge in [-0.25, -0.2) is 19.2 Å². The number of anilines is 1. The Bertz CT molecular complexity index is 852. The molecule has 3 rings (SSSR count). The molecule has 0 aliphatic carbocycles. The number of carboxylic acids is 1. The number of halogens is 1. The lowest BCUT2D eigenvalue weighted by Gasteiger charge is -2.10. The van der Waals surface area contributed by atoms with Crippen LogP contribution in [0.4, 0.5) is 10.2 Å². The molecule has 6 heteroatoms. The standard InChI is InChI=1S/C18H14FN3O2/c19-14-8-6-13(7-9-14)16-21-11-15(18(23)24)17(22-16)20-10-12-4-2-1-3-5-12/h1-9,11H,10H2,(H,23,24)(H,20,21,22). The zero-order valence-electron chi connectivity index (χ0n) is 12.6. The molecule has 24 heavy (non-hydrogen) atoms. The topological polar surface area (TPSA) is 75.1 Å². The summed E-state index contributed by atoms with van der Waals surface area (Å²) in [5, 5.41) is 12.3. The number of hydrogen-bond acceptors (Lipinski definition) is 4. The first-order valence-corrected chi connectivity index (χ1v) is 7.27. The number of rotatable bonds is 5. The van der Waals surface area contributed by atoms with Crippen molar-refractivity contribution in [3.63, 3.8) is 0 Å². The molecule has 0 saturated carbocycles. The molecule has 0 bridgehead atoms. The summed E-state index contributed by atoms with van der Waals surface area (Å²) in [5.41, 5.74) is 1.59. The van der Waals surface area contributed by atoms with E-state index in [0.29, 0.717) is 17.9 Å². The second-order valence-corrected chi connectivity index (χ2v) is 5.11. The van der Waals surface area contributed by atoms with Crippen LogP contribution in [0.5, 0.6) is 0 Å². The van der Waals surface area contributed by atoms with Crippen LogP contribution in [-0.4, -0.2) is 21.0 Å². The van der Waals surface area contributed by atoms with Crippen molar-refractivity contribution in [3.8, 4) is 11.4 Å². The van der Waals surface area contributed by atoms with Crippen molar-refractivity contribution in [3.05, 3.63) is 77.7 Å². The van der Waals surface area contributed by atoms with Crippen molar-refractivity contribution in [2.24, 2.45) is 0 Å². The molecule has 0 amide bonds. The Morgan fingerprint density at radius 3 is 2.46 bits per heavy atom. The van der Waals surface area contributed by atoms with Gasteiger partial charge in [-0.05, 0) is 29.8 Å². The fourth-order valence-electron chi connectivity index (χ4n) is 2.19. The number of carboxylic acid groups (broad SMARTS) is 1. The van der Waals surface area contributed by atoms with E-state index in [-0.39, 0.29) is 17.2 Å². The van der Waals surface area contributed by atoms with Gasteiger partial charge < -0.3 is 10.4 Å². The van der Waals surface area contributed by atoms with Crippen LogP contribution in [0, 0.1) is 5.82 Å². The van der Waals surface area contributed by atoms with Gasteiger partial charge in [0.05, 0.1) is 0 Å². The Hall–Kier alpha value is -3.28. The number of hydrogen-bond donors (Lipinski definition) is 2. The third-order valence-corrected chi connectivity index (χ3v) is 3.42. The summed E-state index contributed by atoms with van der Waals surface area (Å²) in [6.45, 7) is 0.432. The summed E-state index contributed by atoms with van der Waals surface area (Å²) in [7, 11) is 0. The number of aromatic carboxylic acids is 1. The van der Waals surface area contributed by atoms with Crippen LogP contribution in [0.25, 0.3) is 11.4 Å². The predicted molar refractivity (Wildman–Crippen MR) is 88.2 cm³/mol. The Morgan fingerprint density at radius 1 is 1.08 bits per heavy atom. The van der Waals surface area contributed by atoms with Crippen LogP contribution >= 0.6 is 0 Å². The molecule has 120 valence electrons. The number of carbonyl (C=O) groups is 1. The second kappa shape index (κ2) is 6.87. The number of benzene rings is 2. The molecule has 0 fully saturated rings. The van der Waals surface area contributed by atoms with Gasteiger partial charge in [-0.15, -0.1) is 0 Å². The molecule has 0 radical (unpaired) electrons. The van der Waals surface area contributed by atoms with Crippen LogP contribution in [0.3, 0.4) is 0 Å². The maximum absolute atomic E-state index is 13.0. The normalized spacial score (nSPS) is 10.4. The molecule has 0 atom stereocenters. The van der Waals surface area contributed by atoms with Crippen molar-refractivity contribution in [2.45, 2.75) is 6.54 Å². The Kier molecular flexibility index (Phi) is 4.47. The zero-order chi connectivity index (χ0) is 16.9. The minimum Gasteiger partial charge on any atom is -0.477 e. The fraction of sp³-hybridized carbons (Fsp3) is 0.0556. The van der Waals surface area contributed by atoms with Gasteiger partial charge in [-0.3, -0.25) is 0 Å². The molecule has 2 aromatic carbocycles. The highest BCUT2D eigenvalue weighted by Crippen LogP contribution is 2.20. The first-order valence-electron chi connectivity index (χ1n) is 7.27. The summed E-state index contributed by atoms with van der Waals surface area (Å²) in [5.74, 6) is -0.921. The molecule has 0 unspecified atom stereocenters. The first kappa shape index (κ1) is 15.6. The Labute approximate surface area is 137 Å². The van der Waals surface area contributed by atoms with E-state index in [4.69, 9.17) is 0 Å². The molecule has 1 heterocycles. The third kappa shape index (κ3) is 3.55. The number of nitrogens with zero attached hydrogens (tertiary/aromatic N) is 2. The largest absolute Gasteiger partial charge is 0.477 e. The average molecular weight is 323 g/mol. The lowest BCUT2D eigenvalue weighted by atomic mass is 10.2. The summed E-state index contributed by atoms with van der Waals surface area (Å²) >= 11 is 0. The van der Waals surface area contributed by atoms with Crippen molar-refractivity contribution < 1.29 is 14.3 Å². The minimum absolute atomic E-state index is 0.0169. The summed E-state index contributed by atoms with van der Waals surface area (Å²) in [4.78, 5) is 19.7. The lowest BCUT2D eigenvalue weighted by molar-refractivity contribution is 0.0697. The monoisotopic (exact) mass is 323 g/mol. The van der Waals surface area contributed by atoms with Crippen LogP contribution in [0.1, 0.15) is 15.9 Å². The van der Waals surface area contributed by atoms with E-state index in [0.717, 1.165) is 5.56 Å². The smallest absolute Gasteiger partial charge is 0.341 e. The molecule has 3 aromatic rings. The highest BCUT2D eigenvalue weighted by molar-refractivity contribution is 5.93. The Morgan fingerprint density at radius 2 is 1.79 bits per heavy atom. The van der Waals surface area contributed by atoms with Gasteiger partial charge in [-0.2, -0.15) is 0 Å². The molecule has 0 aliphatic rings. The van der Waals surface area contributed by atoms with E-state index in [1.54, 1.807) is 12.1 Å². The van der Waals surface area contributed by atoms with Gasteiger partial charge in [0, 0.05) is 18.3 Å². The van der Waals surface area contributed by atoms with Gasteiger partial charge in [0.15, 0.2) is 5.82 Å². The zero-order valence-corrected chi connectivity index (χ0v) is 12.6. The van der Waals surface area contributed by atoms with Crippen LogP contribution in [-0.2, 0) is 6.54 Å². The van der Waals surface area contributed by atoms with E-state index in [1.807, 2.05) is 30.3 Å². The highest BCUT2D eigenvalue weighted by atomic mass is 19.1. The summed E-state index contributed by atoms with van der Waals surface area (Å²) in [6, 6.07) is 15.3. The van der Waals surface area contributed by atoms with E-state index in [1.165, 1.54) is 18.3 Å². The maximum Gasteiger partial charge on any atom is 0.341 e. The van der Waals surface area contributed by atoms with E-state index < -0.39 is 5.97 Å². The molecule has 0 spiro atoms. The van der Waals surface area contributed by atoms with Gasteiger partial charge in [-0.1, -0.05) is 30.3 Å². The quantitative estimate of drug-likeness (QED) is 0.750. The molecule has 5 nitrogen and oxygen atoms in total. The predicted octanol–water partition coefficient (Wildman–Crippen LogP) is 3.59. The molecular formula is C18H14FN3O2. The minimum atomic E-state index is -1.11. The van der Waals surface area contributed by atoms with Gasteiger partial charge >= 0.3 is 5.97 Å². The average Bonchev–Trinajstić information content (AvgIpc) is 2.61. The van der Waals surface area contributed by atoms with E-state index in [9.17, 15) is 14.3 Å². The highest BCUT2D eigenvalue weighted by Gasteiger charge is 2.14. The van der Waals surface area contributed by atoms with Crippen LogP contribution < -0.4 is 5.32 Å². The first-order chi connectivity index (χ1) is 11.6. The van der Waals surface area contributed by atoms with Gasteiger partial charge in [0.1, 0.15) is 17.2 Å². The molecular weight excluding hydrogens is 309 g/mol. The van der Waals surface area contributed by atoms with Crippen molar-refractivity contribution in [1.29, 1.82) is 0 Å². The summed E-state index contributed by atoms with van der Waals surface area (Å²) < 4.78 is 13.0. The summed E-state index contributed by atoms with van der Waals surface area (Å²) in [6.07, 6.45) is 1.25. The van der Waals surface area contributed by atoms with Gasteiger partial charge in [0.25, 0.3) is 0 Å². The van der Waals surface area contributed by atoms with Crippen molar-refractivity contribution in [2.75, 3.05) is 5.32 Å². The molecule has 0 saturated heterocycles. The lowest BCUT2D eigenvalue weighted by Crippen LogP contribution is -2.10.